The molecule has 1 heterocycles. The lowest BCUT2D eigenvalue weighted by molar-refractivity contribution is -0.441. The first-order chi connectivity index (χ1) is 6.40. The lowest BCUT2D eigenvalue weighted by atomic mass is 10.1. The van der Waals surface area contributed by atoms with Crippen LogP contribution < -0.4 is 0 Å². The fourth-order valence-corrected chi connectivity index (χ4v) is 1.19. The Morgan fingerprint density at radius 2 is 1.71 bits per heavy atom. The molecule has 0 aromatic heterocycles. The van der Waals surface area contributed by atoms with Crippen molar-refractivity contribution in [1.29, 1.82) is 0 Å². The number of amides is 1. The summed E-state index contributed by atoms with van der Waals surface area (Å²) in [7, 11) is 0. The van der Waals surface area contributed by atoms with Gasteiger partial charge in [-0.05, 0) is 0 Å². The van der Waals surface area contributed by atoms with Gasteiger partial charge in [-0.25, -0.2) is 0 Å². The molecule has 1 rings (SSSR count). The predicted molar refractivity (Wildman–Crippen MR) is 39.4 cm³/mol. The van der Waals surface area contributed by atoms with Gasteiger partial charge in [-0.1, -0.05) is 0 Å². The van der Waals surface area contributed by atoms with E-state index in [9.17, 15) is 24.9 Å². The van der Waals surface area contributed by atoms with Gasteiger partial charge in [0.25, 0.3) is 5.72 Å². The largest absolute Gasteiger partial charge is 0.359 e. The maximum atomic E-state index is 10.5. The van der Waals surface area contributed by atoms with E-state index >= 15 is 0 Å². The van der Waals surface area contributed by atoms with Crippen molar-refractivity contribution in [1.82, 2.24) is 9.96 Å². The third-order valence-electron chi connectivity index (χ3n) is 2.14. The van der Waals surface area contributed by atoms with E-state index < -0.39 is 11.6 Å². The standard InChI is InChI=1S/C6H10N2O6/c9-3-5(11)6(12,13)8(14)2-1-7(5)4-10/h3-4,11-14H,1-2H2. The zero-order chi connectivity index (χ0) is 11.0. The molecule has 1 saturated heterocycles. The van der Waals surface area contributed by atoms with Crippen molar-refractivity contribution < 1.29 is 30.1 Å². The van der Waals surface area contributed by atoms with Crippen LogP contribution in [0.3, 0.4) is 0 Å². The minimum atomic E-state index is -3.21. The van der Waals surface area contributed by atoms with Gasteiger partial charge in [-0.15, -0.1) is 5.06 Å². The Bertz CT molecular complexity index is 257. The Labute approximate surface area is 78.5 Å². The van der Waals surface area contributed by atoms with Gasteiger partial charge >= 0.3 is 5.91 Å². The summed E-state index contributed by atoms with van der Waals surface area (Å²) >= 11 is 0. The zero-order valence-electron chi connectivity index (χ0n) is 7.07. The van der Waals surface area contributed by atoms with Crippen LogP contribution in [0.4, 0.5) is 0 Å². The van der Waals surface area contributed by atoms with Gasteiger partial charge in [0.2, 0.25) is 6.41 Å². The summed E-state index contributed by atoms with van der Waals surface area (Å²) in [5, 5.41) is 36.9. The van der Waals surface area contributed by atoms with Gasteiger partial charge in [0.05, 0.1) is 0 Å². The highest BCUT2D eigenvalue weighted by Gasteiger charge is 2.60. The molecule has 0 aromatic rings. The van der Waals surface area contributed by atoms with E-state index in [4.69, 9.17) is 5.21 Å². The van der Waals surface area contributed by atoms with Crippen LogP contribution in [-0.2, 0) is 9.59 Å². The smallest absolute Gasteiger partial charge is 0.305 e. The second-order valence-corrected chi connectivity index (χ2v) is 2.90. The molecule has 0 aliphatic carbocycles. The van der Waals surface area contributed by atoms with Crippen molar-refractivity contribution in [3.63, 3.8) is 0 Å². The van der Waals surface area contributed by atoms with Crippen molar-refractivity contribution in [3.05, 3.63) is 0 Å². The summed E-state index contributed by atoms with van der Waals surface area (Å²) in [5.41, 5.74) is -2.87. The second-order valence-electron chi connectivity index (χ2n) is 2.90. The van der Waals surface area contributed by atoms with Crippen LogP contribution in [0.25, 0.3) is 0 Å². The molecule has 4 N–H and O–H groups in total. The van der Waals surface area contributed by atoms with E-state index in [1.807, 2.05) is 0 Å². The molecule has 1 aliphatic rings. The van der Waals surface area contributed by atoms with Crippen LogP contribution in [0.15, 0.2) is 0 Å². The number of rotatable bonds is 2. The number of carbonyl (C=O) groups excluding carboxylic acids is 2. The van der Waals surface area contributed by atoms with Crippen molar-refractivity contribution >= 4 is 12.7 Å². The average molecular weight is 206 g/mol. The number of hydroxylamine groups is 2. The molecule has 8 nitrogen and oxygen atoms in total. The van der Waals surface area contributed by atoms with E-state index in [0.29, 0.717) is 4.90 Å². The highest BCUT2D eigenvalue weighted by molar-refractivity contribution is 5.69. The fourth-order valence-electron chi connectivity index (χ4n) is 1.19. The third kappa shape index (κ3) is 1.21. The van der Waals surface area contributed by atoms with Crippen LogP contribution in [0.2, 0.25) is 0 Å². The van der Waals surface area contributed by atoms with E-state index in [1.165, 1.54) is 0 Å². The predicted octanol–water partition coefficient (Wildman–Crippen LogP) is -3.32. The molecule has 0 bridgehead atoms. The van der Waals surface area contributed by atoms with Gasteiger partial charge < -0.3 is 25.4 Å². The molecule has 1 unspecified atom stereocenters. The molecule has 1 atom stereocenters. The van der Waals surface area contributed by atoms with E-state index in [1.54, 1.807) is 0 Å². The molecular formula is C6H10N2O6. The minimum absolute atomic E-state index is 0.0264. The van der Waals surface area contributed by atoms with Crippen molar-refractivity contribution in [2.24, 2.45) is 0 Å². The molecular weight excluding hydrogens is 196 g/mol. The molecule has 0 saturated carbocycles. The zero-order valence-corrected chi connectivity index (χ0v) is 7.07. The summed E-state index contributed by atoms with van der Waals surface area (Å²) < 4.78 is 0. The average Bonchev–Trinajstić information content (AvgIpc) is 2.15. The van der Waals surface area contributed by atoms with Crippen LogP contribution in [0.1, 0.15) is 0 Å². The number of hydrogen-bond acceptors (Lipinski definition) is 7. The van der Waals surface area contributed by atoms with Crippen molar-refractivity contribution in [2.45, 2.75) is 11.6 Å². The summed E-state index contributed by atoms with van der Waals surface area (Å²) in [6.07, 6.45) is -0.146. The van der Waals surface area contributed by atoms with Gasteiger partial charge in [-0.2, -0.15) is 0 Å². The Hall–Kier alpha value is -1.06. The summed E-state index contributed by atoms with van der Waals surface area (Å²) in [6, 6.07) is 0. The van der Waals surface area contributed by atoms with Gasteiger partial charge in [-0.3, -0.25) is 9.59 Å². The number of carbonyl (C=O) groups is 2. The molecule has 8 heteroatoms. The quantitative estimate of drug-likeness (QED) is 0.275. The maximum absolute atomic E-state index is 10.5. The lowest BCUT2D eigenvalue weighted by Crippen LogP contribution is -2.76. The first-order valence-electron chi connectivity index (χ1n) is 3.72. The van der Waals surface area contributed by atoms with Crippen LogP contribution >= 0.6 is 0 Å². The Kier molecular flexibility index (Phi) is 2.56. The van der Waals surface area contributed by atoms with Crippen molar-refractivity contribution in [3.8, 4) is 0 Å². The van der Waals surface area contributed by atoms with Gasteiger partial charge in [0, 0.05) is 13.1 Å². The van der Waals surface area contributed by atoms with Crippen molar-refractivity contribution in [2.75, 3.05) is 13.1 Å². The number of aliphatic hydroxyl groups is 3. The summed E-state index contributed by atoms with van der Waals surface area (Å²) in [5.74, 6) is -3.21. The molecule has 14 heavy (non-hydrogen) atoms. The van der Waals surface area contributed by atoms with E-state index in [0.717, 1.165) is 0 Å². The summed E-state index contributed by atoms with van der Waals surface area (Å²) in [4.78, 5) is 21.4. The van der Waals surface area contributed by atoms with Crippen LogP contribution in [0.5, 0.6) is 0 Å². The molecule has 1 fully saturated rings. The number of nitrogens with zero attached hydrogens (tertiary/aromatic N) is 2. The minimum Gasteiger partial charge on any atom is -0.359 e. The second kappa shape index (κ2) is 3.26. The molecule has 80 valence electrons. The summed E-state index contributed by atoms with van der Waals surface area (Å²) in [6.45, 7) is -0.514. The van der Waals surface area contributed by atoms with Crippen LogP contribution in [-0.4, -0.2) is 67.9 Å². The third-order valence-corrected chi connectivity index (χ3v) is 2.14. The molecule has 1 aliphatic heterocycles. The topological polar surface area (TPSA) is 122 Å². The number of piperazine rings is 1. The van der Waals surface area contributed by atoms with E-state index in [-0.39, 0.29) is 30.8 Å². The first-order valence-corrected chi connectivity index (χ1v) is 3.72. The fraction of sp³-hybridized carbons (Fsp3) is 0.667. The van der Waals surface area contributed by atoms with Crippen LogP contribution in [0, 0.1) is 0 Å². The maximum Gasteiger partial charge on any atom is 0.305 e. The Morgan fingerprint density at radius 1 is 1.14 bits per heavy atom. The number of hydrogen-bond donors (Lipinski definition) is 4. The molecule has 0 spiro atoms. The molecule has 0 radical (unpaired) electrons. The monoisotopic (exact) mass is 206 g/mol. The van der Waals surface area contributed by atoms with Gasteiger partial charge in [0.15, 0.2) is 6.29 Å². The lowest BCUT2D eigenvalue weighted by Gasteiger charge is -2.48. The highest BCUT2D eigenvalue weighted by atomic mass is 16.7. The first kappa shape index (κ1) is 11.0. The number of aldehydes is 1. The Morgan fingerprint density at radius 3 is 2.14 bits per heavy atom. The SMILES string of the molecule is O=CN1CCN(O)C(O)(O)C1(O)C=O. The van der Waals surface area contributed by atoms with E-state index in [2.05, 4.69) is 0 Å². The highest BCUT2D eigenvalue weighted by Crippen LogP contribution is 2.27. The normalized spacial score (nSPS) is 32.7. The molecule has 0 aromatic carbocycles. The van der Waals surface area contributed by atoms with Gasteiger partial charge in [0.1, 0.15) is 0 Å². The molecule has 1 amide bonds. The Balaban J connectivity index is 3.12.